The van der Waals surface area contributed by atoms with Gasteiger partial charge in [-0.1, -0.05) is 6.92 Å². The van der Waals surface area contributed by atoms with E-state index in [1.54, 1.807) is 0 Å². The van der Waals surface area contributed by atoms with Gasteiger partial charge in [0, 0.05) is 24.0 Å². The van der Waals surface area contributed by atoms with Crippen LogP contribution in [0.1, 0.15) is 32.3 Å². The van der Waals surface area contributed by atoms with Gasteiger partial charge in [-0.25, -0.2) is 0 Å². The summed E-state index contributed by atoms with van der Waals surface area (Å²) >= 11 is 5.98. The third-order valence-electron chi connectivity index (χ3n) is 2.19. The number of nitrogens with zero attached hydrogens (tertiary/aromatic N) is 2. The van der Waals surface area contributed by atoms with Crippen LogP contribution in [0.3, 0.4) is 0 Å². The van der Waals surface area contributed by atoms with E-state index in [1.807, 2.05) is 17.8 Å². The molecule has 0 aliphatic heterocycles. The van der Waals surface area contributed by atoms with E-state index in [0.29, 0.717) is 5.92 Å². The Hall–Kier alpha value is -0.500. The quantitative estimate of drug-likeness (QED) is 0.664. The van der Waals surface area contributed by atoms with Crippen molar-refractivity contribution in [2.45, 2.75) is 38.6 Å². The largest absolute Gasteiger partial charge is 0.273 e. The van der Waals surface area contributed by atoms with Crippen LogP contribution >= 0.6 is 11.6 Å². The van der Waals surface area contributed by atoms with Crippen molar-refractivity contribution in [2.24, 2.45) is 0 Å². The molecule has 0 spiro atoms. The van der Waals surface area contributed by atoms with Crippen molar-refractivity contribution in [1.29, 1.82) is 0 Å². The fourth-order valence-electron chi connectivity index (χ4n) is 1.05. The van der Waals surface area contributed by atoms with Crippen molar-refractivity contribution in [3.63, 3.8) is 0 Å². The highest BCUT2D eigenvalue weighted by Gasteiger charge is 2.12. The van der Waals surface area contributed by atoms with E-state index >= 15 is 0 Å². The smallest absolute Gasteiger partial charge is 0.0525 e. The van der Waals surface area contributed by atoms with Gasteiger partial charge in [-0.3, -0.25) is 4.68 Å². The number of alkyl halides is 1. The van der Waals surface area contributed by atoms with Gasteiger partial charge in [0.15, 0.2) is 0 Å². The number of aryl methyl sites for hydroxylation is 1. The maximum Gasteiger partial charge on any atom is 0.0525 e. The molecule has 2 unspecified atom stereocenters. The first-order valence-electron chi connectivity index (χ1n) is 4.31. The number of aromatic nitrogens is 2. The second kappa shape index (κ2) is 3.94. The molecule has 1 rings (SSSR count). The molecule has 68 valence electrons. The topological polar surface area (TPSA) is 17.8 Å². The van der Waals surface area contributed by atoms with Gasteiger partial charge in [0.25, 0.3) is 0 Å². The van der Waals surface area contributed by atoms with Crippen molar-refractivity contribution >= 4 is 11.6 Å². The number of halogens is 1. The normalized spacial score (nSPS) is 16.0. The fourth-order valence-corrected chi connectivity index (χ4v) is 1.20. The monoisotopic (exact) mass is 186 g/mol. The van der Waals surface area contributed by atoms with Gasteiger partial charge in [-0.15, -0.1) is 11.6 Å². The minimum Gasteiger partial charge on any atom is -0.273 e. The van der Waals surface area contributed by atoms with Crippen molar-refractivity contribution < 1.29 is 0 Å². The molecule has 2 nitrogen and oxygen atoms in total. The van der Waals surface area contributed by atoms with Gasteiger partial charge < -0.3 is 0 Å². The predicted octanol–water partition coefficient (Wildman–Crippen LogP) is 2.63. The molecule has 3 heteroatoms. The average Bonchev–Trinajstić information content (AvgIpc) is 2.50. The fraction of sp³-hybridized carbons (Fsp3) is 0.667. The summed E-state index contributed by atoms with van der Waals surface area (Å²) < 4.78 is 1.92. The molecular weight excluding hydrogens is 172 g/mol. The molecule has 0 aliphatic rings. The molecule has 0 saturated carbocycles. The molecule has 0 aliphatic carbocycles. The third-order valence-corrected chi connectivity index (χ3v) is 2.57. The zero-order valence-electron chi connectivity index (χ0n) is 7.79. The van der Waals surface area contributed by atoms with Crippen LogP contribution < -0.4 is 0 Å². The van der Waals surface area contributed by atoms with Gasteiger partial charge in [-0.05, 0) is 19.4 Å². The average molecular weight is 187 g/mol. The Labute approximate surface area is 78.5 Å². The van der Waals surface area contributed by atoms with Crippen LogP contribution in [-0.4, -0.2) is 15.2 Å². The first kappa shape index (κ1) is 9.59. The first-order valence-corrected chi connectivity index (χ1v) is 4.75. The molecule has 1 aromatic heterocycles. The van der Waals surface area contributed by atoms with Crippen LogP contribution in [0.5, 0.6) is 0 Å². The molecular formula is C9H15ClN2. The molecule has 12 heavy (non-hydrogen) atoms. The van der Waals surface area contributed by atoms with E-state index in [0.717, 1.165) is 6.54 Å². The summed E-state index contributed by atoms with van der Waals surface area (Å²) in [5.74, 6) is 0.381. The van der Waals surface area contributed by atoms with E-state index in [-0.39, 0.29) is 5.38 Å². The highest BCUT2D eigenvalue weighted by atomic mass is 35.5. The second-order valence-corrected chi connectivity index (χ2v) is 3.78. The minimum atomic E-state index is 0.166. The van der Waals surface area contributed by atoms with E-state index in [1.165, 1.54) is 5.56 Å². The van der Waals surface area contributed by atoms with Gasteiger partial charge >= 0.3 is 0 Å². The van der Waals surface area contributed by atoms with Crippen LogP contribution in [0.15, 0.2) is 12.4 Å². The lowest BCUT2D eigenvalue weighted by molar-refractivity contribution is 0.656. The Balaban J connectivity index is 2.74. The highest BCUT2D eigenvalue weighted by molar-refractivity contribution is 6.20. The van der Waals surface area contributed by atoms with Gasteiger partial charge in [0.05, 0.1) is 6.20 Å². The summed E-state index contributed by atoms with van der Waals surface area (Å²) in [6.45, 7) is 7.12. The Morgan fingerprint density at radius 2 is 2.25 bits per heavy atom. The van der Waals surface area contributed by atoms with Crippen molar-refractivity contribution in [1.82, 2.24) is 9.78 Å². The maximum absolute atomic E-state index is 5.98. The van der Waals surface area contributed by atoms with E-state index in [2.05, 4.69) is 25.1 Å². The number of hydrogen-bond acceptors (Lipinski definition) is 1. The zero-order chi connectivity index (χ0) is 9.14. The number of rotatable bonds is 3. The molecule has 0 radical (unpaired) electrons. The molecule has 0 bridgehead atoms. The van der Waals surface area contributed by atoms with Gasteiger partial charge in [0.2, 0.25) is 0 Å². The van der Waals surface area contributed by atoms with Gasteiger partial charge in [0.1, 0.15) is 0 Å². The summed E-state index contributed by atoms with van der Waals surface area (Å²) in [5, 5.41) is 4.36. The van der Waals surface area contributed by atoms with Crippen molar-refractivity contribution in [3.8, 4) is 0 Å². The molecule has 1 aromatic rings. The predicted molar refractivity (Wildman–Crippen MR) is 51.6 cm³/mol. The SMILES string of the molecule is CCn1cc(C(C)C(C)Cl)cn1. The lowest BCUT2D eigenvalue weighted by Gasteiger charge is -2.10. The molecule has 0 aromatic carbocycles. The Kier molecular flexibility index (Phi) is 3.15. The van der Waals surface area contributed by atoms with E-state index in [4.69, 9.17) is 11.6 Å². The van der Waals surface area contributed by atoms with Crippen LogP contribution in [0, 0.1) is 0 Å². The minimum absolute atomic E-state index is 0.166. The number of hydrogen-bond donors (Lipinski definition) is 0. The lowest BCUT2D eigenvalue weighted by atomic mass is 10.0. The van der Waals surface area contributed by atoms with Crippen LogP contribution in [0.4, 0.5) is 0 Å². The summed E-state index contributed by atoms with van der Waals surface area (Å²) in [6, 6.07) is 0. The zero-order valence-corrected chi connectivity index (χ0v) is 8.54. The van der Waals surface area contributed by atoms with E-state index < -0.39 is 0 Å². The van der Waals surface area contributed by atoms with Crippen LogP contribution in [0.2, 0.25) is 0 Å². The highest BCUT2D eigenvalue weighted by Crippen LogP contribution is 2.21. The summed E-state index contributed by atoms with van der Waals surface area (Å²) in [6.07, 6.45) is 3.95. The Bertz CT molecular complexity index is 242. The maximum atomic E-state index is 5.98. The van der Waals surface area contributed by atoms with Crippen LogP contribution in [-0.2, 0) is 6.54 Å². The van der Waals surface area contributed by atoms with E-state index in [9.17, 15) is 0 Å². The molecule has 0 fully saturated rings. The standard InChI is InChI=1S/C9H15ClN2/c1-4-12-6-9(5-11-12)7(2)8(3)10/h5-8H,4H2,1-3H3. The summed E-state index contributed by atoms with van der Waals surface area (Å²) in [4.78, 5) is 0. The van der Waals surface area contributed by atoms with Crippen LogP contribution in [0.25, 0.3) is 0 Å². The molecule has 0 saturated heterocycles. The van der Waals surface area contributed by atoms with Crippen molar-refractivity contribution in [3.05, 3.63) is 18.0 Å². The third kappa shape index (κ3) is 2.01. The van der Waals surface area contributed by atoms with Crippen molar-refractivity contribution in [2.75, 3.05) is 0 Å². The Morgan fingerprint density at radius 3 is 2.67 bits per heavy atom. The molecule has 0 N–H and O–H groups in total. The molecule has 0 amide bonds. The lowest BCUT2D eigenvalue weighted by Crippen LogP contribution is -2.03. The first-order chi connectivity index (χ1) is 5.65. The summed E-state index contributed by atoms with van der Waals surface area (Å²) in [5.41, 5.74) is 1.22. The summed E-state index contributed by atoms with van der Waals surface area (Å²) in [7, 11) is 0. The Morgan fingerprint density at radius 1 is 1.58 bits per heavy atom. The molecule has 1 heterocycles. The molecule has 2 atom stereocenters. The second-order valence-electron chi connectivity index (χ2n) is 3.10. The van der Waals surface area contributed by atoms with Gasteiger partial charge in [-0.2, -0.15) is 5.10 Å².